The maximum atomic E-state index is 13.4. The standard InChI is InChI=1S/C24H30N2O4S/c1-16(2)24(28)26(17-7-8-17)14-23(27)25-11-9-22-20(10-12-31-22)21(25)15-30-19-6-4-5-18(13-19)29-3/h4-6,10,12-13,16-17,21H,7-9,11,14-15H2,1-3H3/t21-/m0/s1. The molecule has 1 saturated carbocycles. The summed E-state index contributed by atoms with van der Waals surface area (Å²) >= 11 is 1.73. The van der Waals surface area contributed by atoms with Crippen molar-refractivity contribution in [3.8, 4) is 11.5 Å². The summed E-state index contributed by atoms with van der Waals surface area (Å²) in [7, 11) is 1.63. The molecule has 1 aromatic carbocycles. The Morgan fingerprint density at radius 3 is 2.71 bits per heavy atom. The summed E-state index contributed by atoms with van der Waals surface area (Å²) in [5, 5.41) is 2.08. The van der Waals surface area contributed by atoms with Crippen molar-refractivity contribution >= 4 is 23.2 Å². The van der Waals surface area contributed by atoms with E-state index < -0.39 is 0 Å². The van der Waals surface area contributed by atoms with Crippen molar-refractivity contribution in [3.05, 3.63) is 46.2 Å². The molecule has 2 heterocycles. The number of thiophene rings is 1. The molecule has 0 saturated heterocycles. The molecule has 2 amide bonds. The lowest BCUT2D eigenvalue weighted by Crippen LogP contribution is -2.49. The van der Waals surface area contributed by atoms with E-state index in [0.717, 1.165) is 30.6 Å². The summed E-state index contributed by atoms with van der Waals surface area (Å²) in [4.78, 5) is 31.0. The van der Waals surface area contributed by atoms with E-state index in [2.05, 4.69) is 11.4 Å². The van der Waals surface area contributed by atoms with Crippen LogP contribution in [0.4, 0.5) is 0 Å². The molecule has 0 spiro atoms. The Hall–Kier alpha value is -2.54. The summed E-state index contributed by atoms with van der Waals surface area (Å²) in [5.74, 6) is 1.40. The number of hydrogen-bond acceptors (Lipinski definition) is 5. The minimum atomic E-state index is -0.163. The molecular formula is C24H30N2O4S. The van der Waals surface area contributed by atoms with E-state index >= 15 is 0 Å². The van der Waals surface area contributed by atoms with Gasteiger partial charge < -0.3 is 19.3 Å². The highest BCUT2D eigenvalue weighted by Crippen LogP contribution is 2.35. The largest absolute Gasteiger partial charge is 0.497 e. The smallest absolute Gasteiger partial charge is 0.242 e. The molecule has 1 fully saturated rings. The van der Waals surface area contributed by atoms with Gasteiger partial charge >= 0.3 is 0 Å². The van der Waals surface area contributed by atoms with E-state index in [1.165, 1.54) is 4.88 Å². The van der Waals surface area contributed by atoms with Crippen LogP contribution in [0, 0.1) is 5.92 Å². The minimum absolute atomic E-state index is 0.00278. The van der Waals surface area contributed by atoms with Crippen molar-refractivity contribution in [2.75, 3.05) is 26.8 Å². The zero-order chi connectivity index (χ0) is 22.0. The van der Waals surface area contributed by atoms with Crippen molar-refractivity contribution in [2.45, 2.75) is 45.2 Å². The Kier molecular flexibility index (Phi) is 6.51. The number of benzene rings is 1. The van der Waals surface area contributed by atoms with Gasteiger partial charge in [0.2, 0.25) is 11.8 Å². The van der Waals surface area contributed by atoms with Crippen LogP contribution in [0.5, 0.6) is 11.5 Å². The predicted molar refractivity (Wildman–Crippen MR) is 121 cm³/mol. The van der Waals surface area contributed by atoms with Gasteiger partial charge in [0.15, 0.2) is 0 Å². The molecule has 1 aliphatic heterocycles. The number of methoxy groups -OCH3 is 1. The van der Waals surface area contributed by atoms with Gasteiger partial charge in [0.05, 0.1) is 13.2 Å². The molecular weight excluding hydrogens is 412 g/mol. The van der Waals surface area contributed by atoms with Crippen molar-refractivity contribution in [1.29, 1.82) is 0 Å². The molecule has 1 aliphatic carbocycles. The lowest BCUT2D eigenvalue weighted by atomic mass is 10.00. The van der Waals surface area contributed by atoms with Gasteiger partial charge in [0.1, 0.15) is 24.7 Å². The van der Waals surface area contributed by atoms with E-state index in [9.17, 15) is 9.59 Å². The molecule has 1 aromatic heterocycles. The molecule has 1 atom stereocenters. The Labute approximate surface area is 187 Å². The van der Waals surface area contributed by atoms with E-state index in [1.807, 2.05) is 43.0 Å². The SMILES string of the molecule is COc1cccc(OC[C@H]2c3ccsc3CCN2C(=O)CN(C(=O)C(C)C)C2CC2)c1. The number of ether oxygens (including phenoxy) is 2. The Morgan fingerprint density at radius 1 is 1.23 bits per heavy atom. The maximum absolute atomic E-state index is 13.4. The fourth-order valence-corrected chi connectivity index (χ4v) is 5.01. The van der Waals surface area contributed by atoms with Crippen LogP contribution in [-0.2, 0) is 16.0 Å². The number of carbonyl (C=O) groups excluding carboxylic acids is 2. The first kappa shape index (κ1) is 21.7. The van der Waals surface area contributed by atoms with E-state index in [4.69, 9.17) is 9.47 Å². The number of carbonyl (C=O) groups is 2. The predicted octanol–water partition coefficient (Wildman–Crippen LogP) is 3.91. The Morgan fingerprint density at radius 2 is 2.00 bits per heavy atom. The molecule has 31 heavy (non-hydrogen) atoms. The first-order valence-corrected chi connectivity index (χ1v) is 11.8. The van der Waals surface area contributed by atoms with Crippen LogP contribution in [0.25, 0.3) is 0 Å². The monoisotopic (exact) mass is 442 g/mol. The third-order valence-corrected chi connectivity index (χ3v) is 6.93. The van der Waals surface area contributed by atoms with Gasteiger partial charge in [-0.15, -0.1) is 11.3 Å². The number of fused-ring (bicyclic) bond motifs is 1. The van der Waals surface area contributed by atoms with Gasteiger partial charge in [0, 0.05) is 29.4 Å². The second kappa shape index (κ2) is 9.30. The summed E-state index contributed by atoms with van der Waals surface area (Å²) in [5.41, 5.74) is 1.15. The third kappa shape index (κ3) is 4.87. The first-order chi connectivity index (χ1) is 15.0. The lowest BCUT2D eigenvalue weighted by Gasteiger charge is -2.37. The van der Waals surface area contributed by atoms with E-state index in [0.29, 0.717) is 18.9 Å². The maximum Gasteiger partial charge on any atom is 0.242 e. The van der Waals surface area contributed by atoms with E-state index in [-0.39, 0.29) is 36.4 Å². The second-order valence-corrected chi connectivity index (χ2v) is 9.49. The first-order valence-electron chi connectivity index (χ1n) is 10.9. The lowest BCUT2D eigenvalue weighted by molar-refractivity contribution is -0.144. The molecule has 0 radical (unpaired) electrons. The van der Waals surface area contributed by atoms with Crippen LogP contribution in [0.2, 0.25) is 0 Å². The molecule has 166 valence electrons. The highest BCUT2D eigenvalue weighted by Gasteiger charge is 2.38. The number of amides is 2. The normalized spacial score (nSPS) is 17.9. The fraction of sp³-hybridized carbons (Fsp3) is 0.500. The average Bonchev–Trinajstić information content (AvgIpc) is 3.51. The Bertz CT molecular complexity index is 937. The molecule has 0 bridgehead atoms. The molecule has 0 unspecified atom stereocenters. The van der Waals surface area contributed by atoms with Crippen molar-refractivity contribution < 1.29 is 19.1 Å². The van der Waals surface area contributed by atoms with Crippen LogP contribution in [0.1, 0.15) is 43.2 Å². The van der Waals surface area contributed by atoms with Gasteiger partial charge in [0.25, 0.3) is 0 Å². The summed E-state index contributed by atoms with van der Waals surface area (Å²) in [6.07, 6.45) is 2.82. The second-order valence-electron chi connectivity index (χ2n) is 8.49. The van der Waals surface area contributed by atoms with Crippen LogP contribution in [-0.4, -0.2) is 54.5 Å². The van der Waals surface area contributed by atoms with Crippen LogP contribution in [0.15, 0.2) is 35.7 Å². The average molecular weight is 443 g/mol. The van der Waals surface area contributed by atoms with Crippen LogP contribution in [0.3, 0.4) is 0 Å². The minimum Gasteiger partial charge on any atom is -0.497 e. The van der Waals surface area contributed by atoms with Crippen molar-refractivity contribution in [1.82, 2.24) is 9.80 Å². The summed E-state index contributed by atoms with van der Waals surface area (Å²) < 4.78 is 11.4. The van der Waals surface area contributed by atoms with Crippen molar-refractivity contribution in [3.63, 3.8) is 0 Å². The fourth-order valence-electron chi connectivity index (χ4n) is 4.08. The van der Waals surface area contributed by atoms with Gasteiger partial charge in [-0.25, -0.2) is 0 Å². The molecule has 4 rings (SSSR count). The van der Waals surface area contributed by atoms with Crippen LogP contribution >= 0.6 is 11.3 Å². The number of rotatable bonds is 8. The molecule has 0 N–H and O–H groups in total. The number of nitrogens with zero attached hydrogens (tertiary/aromatic N) is 2. The molecule has 7 heteroatoms. The molecule has 2 aliphatic rings. The highest BCUT2D eigenvalue weighted by molar-refractivity contribution is 7.10. The zero-order valence-electron chi connectivity index (χ0n) is 18.4. The quantitative estimate of drug-likeness (QED) is 0.622. The summed E-state index contributed by atoms with van der Waals surface area (Å²) in [6.45, 7) is 4.95. The van der Waals surface area contributed by atoms with Gasteiger partial charge in [-0.05, 0) is 48.4 Å². The van der Waals surface area contributed by atoms with Gasteiger partial charge in [-0.1, -0.05) is 19.9 Å². The third-order valence-electron chi connectivity index (χ3n) is 5.93. The topological polar surface area (TPSA) is 59.1 Å². The molecule has 2 aromatic rings. The Balaban J connectivity index is 1.51. The van der Waals surface area contributed by atoms with Gasteiger partial charge in [-0.2, -0.15) is 0 Å². The van der Waals surface area contributed by atoms with Gasteiger partial charge in [-0.3, -0.25) is 9.59 Å². The van der Waals surface area contributed by atoms with E-state index in [1.54, 1.807) is 23.3 Å². The van der Waals surface area contributed by atoms with Crippen molar-refractivity contribution in [2.24, 2.45) is 5.92 Å². The summed E-state index contributed by atoms with van der Waals surface area (Å²) in [6, 6.07) is 9.65. The zero-order valence-corrected chi connectivity index (χ0v) is 19.2. The molecule has 6 nitrogen and oxygen atoms in total. The van der Waals surface area contributed by atoms with Crippen LogP contribution < -0.4 is 9.47 Å². The highest BCUT2D eigenvalue weighted by atomic mass is 32.1. The number of hydrogen-bond donors (Lipinski definition) is 0.